The first-order valence-electron chi connectivity index (χ1n) is 6.30. The average molecular weight is 254 g/mol. The van der Waals surface area contributed by atoms with Crippen molar-refractivity contribution < 1.29 is 9.90 Å². The van der Waals surface area contributed by atoms with E-state index in [-0.39, 0.29) is 0 Å². The molecule has 0 unspecified atom stereocenters. The molecule has 0 fully saturated rings. The monoisotopic (exact) mass is 254 g/mol. The third-order valence-corrected chi connectivity index (χ3v) is 3.45. The zero-order valence-corrected chi connectivity index (χ0v) is 10.4. The highest BCUT2D eigenvalue weighted by molar-refractivity contribution is 5.90. The van der Waals surface area contributed by atoms with Crippen LogP contribution in [0.4, 0.5) is 10.5 Å². The summed E-state index contributed by atoms with van der Waals surface area (Å²) in [6, 6.07) is 9.71. The van der Waals surface area contributed by atoms with Gasteiger partial charge in [-0.3, -0.25) is 9.88 Å². The van der Waals surface area contributed by atoms with Crippen molar-refractivity contribution in [3.63, 3.8) is 0 Å². The van der Waals surface area contributed by atoms with E-state index in [4.69, 9.17) is 0 Å². The van der Waals surface area contributed by atoms with Gasteiger partial charge in [0.25, 0.3) is 0 Å². The second-order valence-electron chi connectivity index (χ2n) is 4.58. The van der Waals surface area contributed by atoms with E-state index < -0.39 is 6.09 Å². The van der Waals surface area contributed by atoms with Crippen molar-refractivity contribution in [3.05, 3.63) is 48.3 Å². The van der Waals surface area contributed by atoms with Crippen LogP contribution in [0.25, 0.3) is 11.1 Å². The summed E-state index contributed by atoms with van der Waals surface area (Å²) in [6.07, 6.45) is 4.43. The van der Waals surface area contributed by atoms with E-state index in [1.165, 1.54) is 4.90 Å². The molecule has 4 heteroatoms. The number of aromatic nitrogens is 1. The number of carbonyl (C=O) groups is 1. The van der Waals surface area contributed by atoms with Crippen molar-refractivity contribution in [1.29, 1.82) is 0 Å². The molecule has 1 aromatic carbocycles. The predicted molar refractivity (Wildman–Crippen MR) is 73.4 cm³/mol. The minimum absolute atomic E-state index is 0.568. The molecule has 0 aliphatic carbocycles. The Labute approximate surface area is 111 Å². The molecule has 1 aromatic heterocycles. The molecule has 0 saturated heterocycles. The summed E-state index contributed by atoms with van der Waals surface area (Å²) in [4.78, 5) is 16.8. The average Bonchev–Trinajstić information content (AvgIpc) is 2.46. The van der Waals surface area contributed by atoms with Crippen molar-refractivity contribution in [2.24, 2.45) is 0 Å². The smallest absolute Gasteiger partial charge is 0.411 e. The number of carboxylic acid groups (broad SMARTS) is 1. The lowest BCUT2D eigenvalue weighted by molar-refractivity contribution is 0.201. The molecule has 4 nitrogen and oxygen atoms in total. The van der Waals surface area contributed by atoms with Crippen LogP contribution < -0.4 is 4.90 Å². The fourth-order valence-corrected chi connectivity index (χ4v) is 2.62. The summed E-state index contributed by atoms with van der Waals surface area (Å²) in [5.74, 6) is 0. The number of pyridine rings is 1. The molecule has 2 heterocycles. The zero-order chi connectivity index (χ0) is 13.2. The van der Waals surface area contributed by atoms with Crippen molar-refractivity contribution in [1.82, 2.24) is 4.98 Å². The summed E-state index contributed by atoms with van der Waals surface area (Å²) < 4.78 is 0. The first kappa shape index (κ1) is 11.7. The second kappa shape index (κ2) is 4.72. The maximum absolute atomic E-state index is 11.3. The fourth-order valence-electron chi connectivity index (χ4n) is 2.62. The van der Waals surface area contributed by atoms with Gasteiger partial charge in [-0.15, -0.1) is 0 Å². The SMILES string of the molecule is O=C(O)N1CCCc2c(-c3cccnc3)cccc21. The second-order valence-corrected chi connectivity index (χ2v) is 4.58. The number of hydrogen-bond donors (Lipinski definition) is 1. The normalized spacial score (nSPS) is 14.0. The molecule has 96 valence electrons. The lowest BCUT2D eigenvalue weighted by Crippen LogP contribution is -2.34. The summed E-state index contributed by atoms with van der Waals surface area (Å²) >= 11 is 0. The first-order chi connectivity index (χ1) is 9.27. The number of benzene rings is 1. The van der Waals surface area contributed by atoms with Crippen LogP contribution in [-0.2, 0) is 6.42 Å². The summed E-state index contributed by atoms with van der Waals surface area (Å²) in [7, 11) is 0. The van der Waals surface area contributed by atoms with Gasteiger partial charge in [-0.05, 0) is 36.1 Å². The molecular weight excluding hydrogens is 240 g/mol. The highest BCUT2D eigenvalue weighted by atomic mass is 16.4. The largest absolute Gasteiger partial charge is 0.465 e. The third-order valence-electron chi connectivity index (χ3n) is 3.45. The lowest BCUT2D eigenvalue weighted by Gasteiger charge is -2.28. The molecule has 1 aliphatic rings. The molecule has 0 saturated carbocycles. The zero-order valence-electron chi connectivity index (χ0n) is 10.4. The Morgan fingerprint density at radius 2 is 2.16 bits per heavy atom. The van der Waals surface area contributed by atoms with Gasteiger partial charge in [0, 0.05) is 24.5 Å². The molecule has 0 radical (unpaired) electrons. The number of amides is 1. The van der Waals surface area contributed by atoms with Crippen LogP contribution >= 0.6 is 0 Å². The molecule has 1 N–H and O–H groups in total. The van der Waals surface area contributed by atoms with Gasteiger partial charge in [-0.1, -0.05) is 18.2 Å². The summed E-state index contributed by atoms with van der Waals surface area (Å²) in [5, 5.41) is 9.26. The van der Waals surface area contributed by atoms with E-state index in [9.17, 15) is 9.90 Å². The van der Waals surface area contributed by atoms with Crippen LogP contribution in [0.2, 0.25) is 0 Å². The highest BCUT2D eigenvalue weighted by Gasteiger charge is 2.23. The van der Waals surface area contributed by atoms with Gasteiger partial charge in [-0.2, -0.15) is 0 Å². The molecule has 19 heavy (non-hydrogen) atoms. The molecule has 0 atom stereocenters. The van der Waals surface area contributed by atoms with Crippen molar-refractivity contribution >= 4 is 11.8 Å². The van der Waals surface area contributed by atoms with Gasteiger partial charge in [0.05, 0.1) is 5.69 Å². The molecule has 2 aromatic rings. The minimum Gasteiger partial charge on any atom is -0.465 e. The summed E-state index contributed by atoms with van der Waals surface area (Å²) in [6.45, 7) is 0.568. The van der Waals surface area contributed by atoms with E-state index in [1.54, 1.807) is 6.20 Å². The van der Waals surface area contributed by atoms with Gasteiger partial charge in [0.2, 0.25) is 0 Å². The van der Waals surface area contributed by atoms with Crippen LogP contribution in [0.15, 0.2) is 42.7 Å². The maximum atomic E-state index is 11.3. The van der Waals surface area contributed by atoms with Gasteiger partial charge < -0.3 is 5.11 Å². The Balaban J connectivity index is 2.14. The predicted octanol–water partition coefficient (Wildman–Crippen LogP) is 3.18. The molecule has 0 bridgehead atoms. The van der Waals surface area contributed by atoms with Crippen molar-refractivity contribution in [2.45, 2.75) is 12.8 Å². The van der Waals surface area contributed by atoms with Crippen LogP contribution in [0.3, 0.4) is 0 Å². The van der Waals surface area contributed by atoms with E-state index in [0.717, 1.165) is 35.2 Å². The number of nitrogens with zero attached hydrogens (tertiary/aromatic N) is 2. The molecule has 1 amide bonds. The Morgan fingerprint density at radius 1 is 1.26 bits per heavy atom. The van der Waals surface area contributed by atoms with Crippen molar-refractivity contribution in [3.8, 4) is 11.1 Å². The van der Waals surface area contributed by atoms with E-state index >= 15 is 0 Å². The Kier molecular flexibility index (Phi) is 2.91. The topological polar surface area (TPSA) is 53.4 Å². The van der Waals surface area contributed by atoms with E-state index in [0.29, 0.717) is 6.54 Å². The minimum atomic E-state index is -0.885. The van der Waals surface area contributed by atoms with Crippen LogP contribution in [0.1, 0.15) is 12.0 Å². The third kappa shape index (κ3) is 2.05. The quantitative estimate of drug-likeness (QED) is 0.850. The molecule has 1 aliphatic heterocycles. The Morgan fingerprint density at radius 3 is 2.89 bits per heavy atom. The van der Waals surface area contributed by atoms with Crippen molar-refractivity contribution in [2.75, 3.05) is 11.4 Å². The number of rotatable bonds is 1. The Bertz CT molecular complexity index is 611. The van der Waals surface area contributed by atoms with Gasteiger partial charge >= 0.3 is 6.09 Å². The number of anilines is 1. The first-order valence-corrected chi connectivity index (χ1v) is 6.30. The van der Waals surface area contributed by atoms with Gasteiger partial charge in [0.15, 0.2) is 0 Å². The summed E-state index contributed by atoms with van der Waals surface area (Å²) in [5.41, 5.74) is 4.02. The van der Waals surface area contributed by atoms with E-state index in [1.807, 2.05) is 36.5 Å². The highest BCUT2D eigenvalue weighted by Crippen LogP contribution is 2.35. The van der Waals surface area contributed by atoms with Gasteiger partial charge in [-0.25, -0.2) is 4.79 Å². The number of fused-ring (bicyclic) bond motifs is 1. The van der Waals surface area contributed by atoms with Crippen LogP contribution in [0, 0.1) is 0 Å². The Hall–Kier alpha value is -2.36. The van der Waals surface area contributed by atoms with E-state index in [2.05, 4.69) is 4.98 Å². The van der Waals surface area contributed by atoms with Crippen LogP contribution in [0.5, 0.6) is 0 Å². The fraction of sp³-hybridized carbons (Fsp3) is 0.200. The van der Waals surface area contributed by atoms with Crippen LogP contribution in [-0.4, -0.2) is 22.7 Å². The molecular formula is C15H14N2O2. The standard InChI is InChI=1S/C15H14N2O2/c18-15(19)17-9-3-6-13-12(5-1-7-14(13)17)11-4-2-8-16-10-11/h1-2,4-5,7-8,10H,3,6,9H2,(H,18,19). The molecule has 3 rings (SSSR count). The number of hydrogen-bond acceptors (Lipinski definition) is 2. The van der Waals surface area contributed by atoms with Gasteiger partial charge in [0.1, 0.15) is 0 Å². The molecule has 0 spiro atoms. The lowest BCUT2D eigenvalue weighted by atomic mass is 9.93. The maximum Gasteiger partial charge on any atom is 0.411 e.